The second-order valence-corrected chi connectivity index (χ2v) is 4.99. The lowest BCUT2D eigenvalue weighted by atomic mass is 10.0. The van der Waals surface area contributed by atoms with E-state index in [0.29, 0.717) is 16.0 Å². The summed E-state index contributed by atoms with van der Waals surface area (Å²) in [6.45, 7) is 2.46. The molecule has 0 spiro atoms. The Morgan fingerprint density at radius 2 is 2.31 bits per heavy atom. The van der Waals surface area contributed by atoms with Gasteiger partial charge in [-0.1, -0.05) is 6.07 Å². The Balaban J connectivity index is 2.02. The number of halogens is 2. The van der Waals surface area contributed by atoms with Crippen molar-refractivity contribution in [1.29, 1.82) is 0 Å². The van der Waals surface area contributed by atoms with Crippen LogP contribution in [0.3, 0.4) is 0 Å². The van der Waals surface area contributed by atoms with Gasteiger partial charge in [-0.15, -0.1) is 0 Å². The van der Waals surface area contributed by atoms with Crippen LogP contribution in [0.25, 0.3) is 0 Å². The molecule has 1 aliphatic rings. The molecule has 0 aromatic heterocycles. The third kappa shape index (κ3) is 2.52. The molecule has 0 radical (unpaired) electrons. The first-order valence-electron chi connectivity index (χ1n) is 5.11. The van der Waals surface area contributed by atoms with E-state index in [1.165, 1.54) is 6.07 Å². The summed E-state index contributed by atoms with van der Waals surface area (Å²) in [5, 5.41) is 5.88. The lowest BCUT2D eigenvalue weighted by Gasteiger charge is -2.27. The van der Waals surface area contributed by atoms with Gasteiger partial charge in [0, 0.05) is 29.1 Å². The van der Waals surface area contributed by atoms with E-state index in [9.17, 15) is 9.18 Å². The van der Waals surface area contributed by atoms with Gasteiger partial charge < -0.3 is 10.6 Å². The first kappa shape index (κ1) is 11.8. The number of hydrogen-bond donors (Lipinski definition) is 2. The topological polar surface area (TPSA) is 41.1 Å². The van der Waals surface area contributed by atoms with Crippen LogP contribution in [0.5, 0.6) is 0 Å². The van der Waals surface area contributed by atoms with Crippen molar-refractivity contribution in [1.82, 2.24) is 10.6 Å². The van der Waals surface area contributed by atoms with Crippen molar-refractivity contribution in [3.8, 4) is 0 Å². The molecule has 2 N–H and O–H groups in total. The van der Waals surface area contributed by atoms with Gasteiger partial charge >= 0.3 is 0 Å². The molecule has 1 saturated heterocycles. The number of carbonyl (C=O) groups excluding carboxylic acids is 1. The van der Waals surface area contributed by atoms with Crippen LogP contribution in [-0.2, 0) is 0 Å². The molecule has 1 amide bonds. The summed E-state index contributed by atoms with van der Waals surface area (Å²) >= 11 is 1.97. The molecule has 1 heterocycles. The number of hydrogen-bond acceptors (Lipinski definition) is 2. The van der Waals surface area contributed by atoms with Crippen LogP contribution in [0.4, 0.5) is 4.39 Å². The Morgan fingerprint density at radius 3 is 2.88 bits per heavy atom. The molecule has 0 saturated carbocycles. The molecule has 1 fully saturated rings. The van der Waals surface area contributed by atoms with E-state index in [-0.39, 0.29) is 11.5 Å². The molecule has 1 aromatic carbocycles. The van der Waals surface area contributed by atoms with Gasteiger partial charge in [-0.25, -0.2) is 4.39 Å². The van der Waals surface area contributed by atoms with Crippen LogP contribution < -0.4 is 10.6 Å². The van der Waals surface area contributed by atoms with Gasteiger partial charge in [0.05, 0.1) is 5.56 Å². The summed E-state index contributed by atoms with van der Waals surface area (Å²) < 4.78 is 14.1. The number of carbonyl (C=O) groups is 1. The highest BCUT2D eigenvalue weighted by molar-refractivity contribution is 14.1. The van der Waals surface area contributed by atoms with Crippen LogP contribution in [0.2, 0.25) is 0 Å². The van der Waals surface area contributed by atoms with E-state index in [1.54, 1.807) is 12.1 Å². The van der Waals surface area contributed by atoms with Gasteiger partial charge in [0.15, 0.2) is 0 Å². The predicted molar refractivity (Wildman–Crippen MR) is 67.8 cm³/mol. The van der Waals surface area contributed by atoms with Gasteiger partial charge in [-0.3, -0.25) is 4.79 Å². The van der Waals surface area contributed by atoms with Crippen molar-refractivity contribution in [3.63, 3.8) is 0 Å². The fourth-order valence-electron chi connectivity index (χ4n) is 1.53. The lowest BCUT2D eigenvalue weighted by molar-refractivity contribution is 0.0937. The average Bonchev–Trinajstić information content (AvgIpc) is 2.15. The minimum Gasteiger partial charge on any atom is -0.352 e. The van der Waals surface area contributed by atoms with Crippen molar-refractivity contribution in [2.24, 2.45) is 5.92 Å². The maximum atomic E-state index is 13.4. The normalized spacial score (nSPS) is 15.6. The number of nitrogens with one attached hydrogen (secondary N) is 2. The van der Waals surface area contributed by atoms with Gasteiger partial charge in [-0.2, -0.15) is 0 Å². The number of amides is 1. The van der Waals surface area contributed by atoms with Gasteiger partial charge in [0.1, 0.15) is 5.82 Å². The fraction of sp³-hybridized carbons (Fsp3) is 0.364. The molecular weight excluding hydrogens is 322 g/mol. The van der Waals surface area contributed by atoms with E-state index >= 15 is 0 Å². The van der Waals surface area contributed by atoms with E-state index < -0.39 is 5.82 Å². The van der Waals surface area contributed by atoms with Crippen molar-refractivity contribution < 1.29 is 9.18 Å². The Labute approximate surface area is 107 Å². The predicted octanol–water partition coefficient (Wildman–Crippen LogP) is 1.38. The quantitative estimate of drug-likeness (QED) is 0.820. The second-order valence-electron chi connectivity index (χ2n) is 3.83. The van der Waals surface area contributed by atoms with E-state index in [0.717, 1.165) is 13.1 Å². The molecule has 5 heteroatoms. The zero-order chi connectivity index (χ0) is 11.5. The number of benzene rings is 1. The maximum absolute atomic E-state index is 13.4. The molecule has 0 unspecified atom stereocenters. The van der Waals surface area contributed by atoms with Crippen LogP contribution in [-0.4, -0.2) is 25.5 Å². The number of rotatable bonds is 3. The molecule has 0 aliphatic carbocycles. The molecule has 0 atom stereocenters. The summed E-state index contributed by atoms with van der Waals surface area (Å²) in [5.41, 5.74) is 0.149. The average molecular weight is 334 g/mol. The molecule has 1 aromatic rings. The molecule has 1 aliphatic heterocycles. The molecule has 0 bridgehead atoms. The third-order valence-electron chi connectivity index (χ3n) is 2.61. The summed E-state index contributed by atoms with van der Waals surface area (Å²) in [7, 11) is 0. The summed E-state index contributed by atoms with van der Waals surface area (Å²) in [6.07, 6.45) is 0. The first-order chi connectivity index (χ1) is 7.68. The van der Waals surface area contributed by atoms with Crippen LogP contribution >= 0.6 is 22.6 Å². The highest BCUT2D eigenvalue weighted by Crippen LogP contribution is 2.15. The largest absolute Gasteiger partial charge is 0.352 e. The Hall–Kier alpha value is -0.690. The van der Waals surface area contributed by atoms with E-state index in [2.05, 4.69) is 10.6 Å². The fourth-order valence-corrected chi connectivity index (χ4v) is 2.24. The third-order valence-corrected chi connectivity index (χ3v) is 3.51. The smallest absolute Gasteiger partial charge is 0.255 e. The molecule has 2 rings (SSSR count). The van der Waals surface area contributed by atoms with Gasteiger partial charge in [0.25, 0.3) is 5.91 Å². The lowest BCUT2D eigenvalue weighted by Crippen LogP contribution is -2.48. The second kappa shape index (κ2) is 5.09. The van der Waals surface area contributed by atoms with Crippen molar-refractivity contribution in [2.75, 3.05) is 19.6 Å². The Morgan fingerprint density at radius 1 is 1.56 bits per heavy atom. The Bertz CT molecular complexity index is 387. The SMILES string of the molecule is O=C(NCC1CNC1)c1c(F)cccc1I. The van der Waals surface area contributed by atoms with E-state index in [4.69, 9.17) is 0 Å². The molecule has 3 nitrogen and oxygen atoms in total. The van der Waals surface area contributed by atoms with Crippen molar-refractivity contribution in [3.05, 3.63) is 33.1 Å². The molecular formula is C11H12FIN2O. The minimum absolute atomic E-state index is 0.149. The molecule has 86 valence electrons. The monoisotopic (exact) mass is 334 g/mol. The Kier molecular flexibility index (Phi) is 3.75. The standard InChI is InChI=1S/C11H12FIN2O/c12-8-2-1-3-9(13)10(8)11(16)15-6-7-4-14-5-7/h1-3,7,14H,4-6H2,(H,15,16). The summed E-state index contributed by atoms with van der Waals surface area (Å²) in [5.74, 6) is -0.307. The van der Waals surface area contributed by atoms with Crippen molar-refractivity contribution in [2.45, 2.75) is 0 Å². The molecule has 16 heavy (non-hydrogen) atoms. The first-order valence-corrected chi connectivity index (χ1v) is 6.19. The minimum atomic E-state index is -0.462. The highest BCUT2D eigenvalue weighted by atomic mass is 127. The summed E-state index contributed by atoms with van der Waals surface area (Å²) in [6, 6.07) is 4.63. The van der Waals surface area contributed by atoms with Gasteiger partial charge in [-0.05, 0) is 34.7 Å². The van der Waals surface area contributed by atoms with Gasteiger partial charge in [0.2, 0.25) is 0 Å². The summed E-state index contributed by atoms with van der Waals surface area (Å²) in [4.78, 5) is 11.8. The zero-order valence-electron chi connectivity index (χ0n) is 8.59. The van der Waals surface area contributed by atoms with Crippen LogP contribution in [0.15, 0.2) is 18.2 Å². The van der Waals surface area contributed by atoms with Crippen LogP contribution in [0, 0.1) is 15.3 Å². The van der Waals surface area contributed by atoms with E-state index in [1.807, 2.05) is 22.6 Å². The van der Waals surface area contributed by atoms with Crippen LogP contribution in [0.1, 0.15) is 10.4 Å². The maximum Gasteiger partial charge on any atom is 0.255 e. The zero-order valence-corrected chi connectivity index (χ0v) is 10.8. The highest BCUT2D eigenvalue weighted by Gasteiger charge is 2.20. The van der Waals surface area contributed by atoms with Crippen molar-refractivity contribution >= 4 is 28.5 Å².